The molecule has 0 aromatic carbocycles. The predicted molar refractivity (Wildman–Crippen MR) is 55.3 cm³/mol. The Hall–Kier alpha value is -1.56. The molecule has 0 N–H and O–H groups in total. The third-order valence-electron chi connectivity index (χ3n) is 1.78. The topological polar surface area (TPSA) is 39.2 Å². The van der Waals surface area contributed by atoms with Gasteiger partial charge in [0.15, 0.2) is 0 Å². The molecule has 0 spiro atoms. The van der Waals surface area contributed by atoms with Gasteiger partial charge in [-0.1, -0.05) is 11.6 Å². The smallest absolute Gasteiger partial charge is 0.417 e. The highest BCUT2D eigenvalue weighted by Crippen LogP contribution is 2.31. The van der Waals surface area contributed by atoms with Gasteiger partial charge in [-0.15, -0.1) is 0 Å². The van der Waals surface area contributed by atoms with Gasteiger partial charge in [0.05, 0.1) is 23.4 Å². The van der Waals surface area contributed by atoms with E-state index >= 15 is 0 Å². The number of pyridine rings is 1. The van der Waals surface area contributed by atoms with Gasteiger partial charge in [-0.05, 0) is 12.1 Å². The lowest BCUT2D eigenvalue weighted by Crippen LogP contribution is -2.05. The second kappa shape index (κ2) is 5.18. The minimum absolute atomic E-state index is 0.0602. The van der Waals surface area contributed by atoms with E-state index in [0.29, 0.717) is 6.20 Å². The van der Waals surface area contributed by atoms with Crippen LogP contribution in [0.2, 0.25) is 5.02 Å². The lowest BCUT2D eigenvalue weighted by molar-refractivity contribution is -0.138. The van der Waals surface area contributed by atoms with Crippen molar-refractivity contribution in [3.05, 3.63) is 34.6 Å². The Morgan fingerprint density at radius 1 is 1.53 bits per heavy atom. The number of methoxy groups -OCH3 is 1. The zero-order valence-electron chi connectivity index (χ0n) is 8.58. The minimum atomic E-state index is -4.50. The van der Waals surface area contributed by atoms with Crippen molar-refractivity contribution in [1.29, 1.82) is 0 Å². The fraction of sp³-hybridized carbons (Fsp3) is 0.200. The van der Waals surface area contributed by atoms with E-state index in [4.69, 9.17) is 11.6 Å². The van der Waals surface area contributed by atoms with Crippen LogP contribution in [0.25, 0.3) is 6.08 Å². The first-order valence-corrected chi connectivity index (χ1v) is 4.71. The summed E-state index contributed by atoms with van der Waals surface area (Å²) in [6.45, 7) is 0. The second-order valence-corrected chi connectivity index (χ2v) is 3.35. The van der Waals surface area contributed by atoms with Crippen LogP contribution >= 0.6 is 11.6 Å². The van der Waals surface area contributed by atoms with Gasteiger partial charge in [0.25, 0.3) is 0 Å². The predicted octanol–water partition coefficient (Wildman–Crippen LogP) is 2.94. The lowest BCUT2D eigenvalue weighted by atomic mass is 10.2. The molecule has 17 heavy (non-hydrogen) atoms. The van der Waals surface area contributed by atoms with Crippen molar-refractivity contribution in [2.24, 2.45) is 0 Å². The van der Waals surface area contributed by atoms with E-state index in [2.05, 4.69) is 9.72 Å². The van der Waals surface area contributed by atoms with Crippen LogP contribution in [-0.4, -0.2) is 18.1 Å². The number of halogens is 4. The monoisotopic (exact) mass is 265 g/mol. The summed E-state index contributed by atoms with van der Waals surface area (Å²) in [6, 6.07) is 0.742. The first-order chi connectivity index (χ1) is 7.84. The van der Waals surface area contributed by atoms with Crippen molar-refractivity contribution in [2.75, 3.05) is 7.11 Å². The van der Waals surface area contributed by atoms with Crippen molar-refractivity contribution in [2.45, 2.75) is 6.18 Å². The fourth-order valence-corrected chi connectivity index (χ4v) is 1.17. The first kappa shape index (κ1) is 13.5. The highest BCUT2D eigenvalue weighted by Gasteiger charge is 2.31. The van der Waals surface area contributed by atoms with Crippen LogP contribution in [-0.2, 0) is 15.7 Å². The summed E-state index contributed by atoms with van der Waals surface area (Å²) < 4.78 is 41.1. The fourth-order valence-electron chi connectivity index (χ4n) is 0.941. The number of esters is 1. The molecule has 0 unspecified atom stereocenters. The van der Waals surface area contributed by atoms with Gasteiger partial charge in [0.1, 0.15) is 0 Å². The SMILES string of the molecule is COC(=O)/C=C/c1ncc(C(F)(F)F)cc1Cl. The third kappa shape index (κ3) is 3.74. The van der Waals surface area contributed by atoms with Crippen LogP contribution in [0.5, 0.6) is 0 Å². The number of nitrogens with zero attached hydrogens (tertiary/aromatic N) is 1. The van der Waals surface area contributed by atoms with Crippen LogP contribution in [0.1, 0.15) is 11.3 Å². The molecule has 0 fully saturated rings. The van der Waals surface area contributed by atoms with Gasteiger partial charge in [-0.2, -0.15) is 13.2 Å². The van der Waals surface area contributed by atoms with Crippen molar-refractivity contribution < 1.29 is 22.7 Å². The van der Waals surface area contributed by atoms with Crippen LogP contribution in [0.3, 0.4) is 0 Å². The maximum atomic E-state index is 12.3. The molecule has 0 aliphatic carbocycles. The molecule has 0 saturated heterocycles. The van der Waals surface area contributed by atoms with Crippen molar-refractivity contribution in [3.63, 3.8) is 0 Å². The quantitative estimate of drug-likeness (QED) is 0.610. The molecule has 7 heteroatoms. The molecule has 0 atom stereocenters. The molecule has 1 rings (SSSR count). The van der Waals surface area contributed by atoms with Gasteiger partial charge >= 0.3 is 12.1 Å². The number of ether oxygens (including phenoxy) is 1. The number of rotatable bonds is 2. The van der Waals surface area contributed by atoms with Crippen LogP contribution in [0, 0.1) is 0 Å². The van der Waals surface area contributed by atoms with E-state index in [1.54, 1.807) is 0 Å². The van der Waals surface area contributed by atoms with Gasteiger partial charge in [0, 0.05) is 12.3 Å². The van der Waals surface area contributed by atoms with E-state index in [-0.39, 0.29) is 10.7 Å². The number of alkyl halides is 3. The standard InChI is InChI=1S/C10H7ClF3NO2/c1-17-9(16)3-2-8-7(11)4-6(5-15-8)10(12,13)14/h2-5H,1H3/b3-2+. The summed E-state index contributed by atoms with van der Waals surface area (Å²) in [4.78, 5) is 14.3. The average Bonchev–Trinajstić information content (AvgIpc) is 2.25. The molecule has 0 amide bonds. The largest absolute Gasteiger partial charge is 0.466 e. The van der Waals surface area contributed by atoms with E-state index in [0.717, 1.165) is 12.1 Å². The first-order valence-electron chi connectivity index (χ1n) is 4.33. The Morgan fingerprint density at radius 2 is 2.18 bits per heavy atom. The Morgan fingerprint density at radius 3 is 2.65 bits per heavy atom. The molecule has 1 aromatic rings. The van der Waals surface area contributed by atoms with Crippen LogP contribution < -0.4 is 0 Å². The molecular weight excluding hydrogens is 259 g/mol. The second-order valence-electron chi connectivity index (χ2n) is 2.95. The molecule has 0 aliphatic heterocycles. The molecule has 1 aromatic heterocycles. The summed E-state index contributed by atoms with van der Waals surface area (Å²) in [5.74, 6) is -0.650. The summed E-state index contributed by atoms with van der Waals surface area (Å²) in [6.07, 6.45) is -1.67. The average molecular weight is 266 g/mol. The zero-order chi connectivity index (χ0) is 13.1. The highest BCUT2D eigenvalue weighted by atomic mass is 35.5. The highest BCUT2D eigenvalue weighted by molar-refractivity contribution is 6.32. The molecule has 92 valence electrons. The van der Waals surface area contributed by atoms with Crippen LogP contribution in [0.15, 0.2) is 18.3 Å². The molecule has 0 radical (unpaired) electrons. The third-order valence-corrected chi connectivity index (χ3v) is 2.08. The molecule has 0 aliphatic rings. The van der Waals surface area contributed by atoms with Crippen LogP contribution in [0.4, 0.5) is 13.2 Å². The summed E-state index contributed by atoms with van der Waals surface area (Å²) >= 11 is 5.60. The Balaban J connectivity index is 2.99. The normalized spacial score (nSPS) is 11.8. The Bertz CT molecular complexity index is 457. The molecule has 0 bridgehead atoms. The van der Waals surface area contributed by atoms with E-state index in [1.165, 1.54) is 13.2 Å². The summed E-state index contributed by atoms with van der Waals surface area (Å²) in [7, 11) is 1.18. The number of carbonyl (C=O) groups excluding carboxylic acids is 1. The lowest BCUT2D eigenvalue weighted by Gasteiger charge is -2.06. The van der Waals surface area contributed by atoms with Crippen molar-refractivity contribution in [3.8, 4) is 0 Å². The van der Waals surface area contributed by atoms with Crippen molar-refractivity contribution in [1.82, 2.24) is 4.98 Å². The van der Waals surface area contributed by atoms with E-state index in [9.17, 15) is 18.0 Å². The number of hydrogen-bond acceptors (Lipinski definition) is 3. The minimum Gasteiger partial charge on any atom is -0.466 e. The van der Waals surface area contributed by atoms with Crippen molar-refractivity contribution >= 4 is 23.6 Å². The summed E-state index contributed by atoms with van der Waals surface area (Å²) in [5.41, 5.74) is -0.886. The van der Waals surface area contributed by atoms with E-state index in [1.807, 2.05) is 0 Å². The van der Waals surface area contributed by atoms with Gasteiger partial charge in [-0.25, -0.2) is 4.79 Å². The molecular formula is C10H7ClF3NO2. The molecule has 1 heterocycles. The van der Waals surface area contributed by atoms with Gasteiger partial charge < -0.3 is 4.74 Å². The maximum Gasteiger partial charge on any atom is 0.417 e. The molecule has 0 saturated carbocycles. The number of hydrogen-bond donors (Lipinski definition) is 0. The Kier molecular flexibility index (Phi) is 4.11. The molecule has 3 nitrogen and oxygen atoms in total. The maximum absolute atomic E-state index is 12.3. The van der Waals surface area contributed by atoms with Gasteiger partial charge in [-0.3, -0.25) is 4.98 Å². The number of aromatic nitrogens is 1. The van der Waals surface area contributed by atoms with E-state index < -0.39 is 17.7 Å². The van der Waals surface area contributed by atoms with Gasteiger partial charge in [0.2, 0.25) is 0 Å². The number of carbonyl (C=O) groups is 1. The Labute approximate surface area is 99.9 Å². The zero-order valence-corrected chi connectivity index (χ0v) is 9.34. The summed E-state index contributed by atoms with van der Waals surface area (Å²) in [5, 5.41) is -0.194.